The molecular formula is C18H16N4O3S. The Morgan fingerprint density at radius 3 is 2.85 bits per heavy atom. The van der Waals surface area contributed by atoms with E-state index >= 15 is 0 Å². The maximum absolute atomic E-state index is 12.8. The molecule has 3 aromatic rings. The second-order valence-corrected chi connectivity index (χ2v) is 7.33. The fraction of sp³-hybridized carbons (Fsp3) is 0.222. The number of thiophene rings is 1. The van der Waals surface area contributed by atoms with Crippen LogP contribution in [0.3, 0.4) is 0 Å². The Hall–Kier alpha value is -3.00. The molecule has 132 valence electrons. The van der Waals surface area contributed by atoms with Gasteiger partial charge in [-0.15, -0.1) is 11.3 Å². The van der Waals surface area contributed by atoms with Crippen LogP contribution >= 0.6 is 11.3 Å². The third kappa shape index (κ3) is 2.33. The van der Waals surface area contributed by atoms with E-state index in [9.17, 15) is 14.4 Å². The van der Waals surface area contributed by atoms with E-state index in [-0.39, 0.29) is 17.4 Å². The SMILES string of the molecule is Cc1cccc2c1C(NC(=O)c1sc3ncn(C)c(=O)c3c1C)C(=O)N2. The number of fused-ring (bicyclic) bond motifs is 2. The van der Waals surface area contributed by atoms with Crippen molar-refractivity contribution in [1.82, 2.24) is 14.9 Å². The molecule has 1 aromatic carbocycles. The highest BCUT2D eigenvalue weighted by Gasteiger charge is 2.34. The summed E-state index contributed by atoms with van der Waals surface area (Å²) in [5, 5.41) is 6.03. The number of aromatic nitrogens is 2. The van der Waals surface area contributed by atoms with E-state index in [2.05, 4.69) is 15.6 Å². The number of nitrogens with one attached hydrogen (secondary N) is 2. The second kappa shape index (κ2) is 5.77. The summed E-state index contributed by atoms with van der Waals surface area (Å²) in [7, 11) is 1.62. The van der Waals surface area contributed by atoms with E-state index in [1.807, 2.05) is 25.1 Å². The number of hydrogen-bond donors (Lipinski definition) is 2. The summed E-state index contributed by atoms with van der Waals surface area (Å²) in [5.41, 5.74) is 2.81. The molecule has 0 saturated carbocycles. The van der Waals surface area contributed by atoms with Crippen molar-refractivity contribution in [2.45, 2.75) is 19.9 Å². The highest BCUT2D eigenvalue weighted by Crippen LogP contribution is 2.34. The summed E-state index contributed by atoms with van der Waals surface area (Å²) in [6.45, 7) is 3.63. The molecule has 0 fully saturated rings. The molecule has 0 spiro atoms. The average molecular weight is 368 g/mol. The number of rotatable bonds is 2. The zero-order chi connectivity index (χ0) is 18.6. The molecule has 4 rings (SSSR count). The zero-order valence-corrected chi connectivity index (χ0v) is 15.2. The van der Waals surface area contributed by atoms with Gasteiger partial charge in [0, 0.05) is 18.3 Å². The summed E-state index contributed by atoms with van der Waals surface area (Å²) < 4.78 is 1.38. The monoisotopic (exact) mass is 368 g/mol. The number of amides is 2. The Morgan fingerprint density at radius 2 is 2.08 bits per heavy atom. The van der Waals surface area contributed by atoms with Gasteiger partial charge in [0.25, 0.3) is 17.4 Å². The summed E-state index contributed by atoms with van der Waals surface area (Å²) >= 11 is 1.16. The van der Waals surface area contributed by atoms with Crippen molar-refractivity contribution in [2.75, 3.05) is 5.32 Å². The third-order valence-corrected chi connectivity index (χ3v) is 5.82. The predicted octanol–water partition coefficient (Wildman–Crippen LogP) is 2.04. The van der Waals surface area contributed by atoms with Gasteiger partial charge in [0.1, 0.15) is 10.9 Å². The predicted molar refractivity (Wildman–Crippen MR) is 99.6 cm³/mol. The van der Waals surface area contributed by atoms with Crippen molar-refractivity contribution in [1.29, 1.82) is 0 Å². The lowest BCUT2D eigenvalue weighted by molar-refractivity contribution is -0.117. The fourth-order valence-corrected chi connectivity index (χ4v) is 4.31. The molecule has 1 aliphatic heterocycles. The molecule has 26 heavy (non-hydrogen) atoms. The summed E-state index contributed by atoms with van der Waals surface area (Å²) in [6.07, 6.45) is 1.44. The number of hydrogen-bond acceptors (Lipinski definition) is 5. The van der Waals surface area contributed by atoms with Gasteiger partial charge in [-0.25, -0.2) is 4.98 Å². The lowest BCUT2D eigenvalue weighted by atomic mass is 10.0. The molecule has 0 radical (unpaired) electrons. The van der Waals surface area contributed by atoms with Crippen LogP contribution in [0.2, 0.25) is 0 Å². The molecule has 7 nitrogen and oxygen atoms in total. The van der Waals surface area contributed by atoms with Gasteiger partial charge in [-0.3, -0.25) is 14.4 Å². The lowest BCUT2D eigenvalue weighted by Gasteiger charge is -2.13. The molecule has 2 aromatic heterocycles. The van der Waals surface area contributed by atoms with Gasteiger partial charge in [-0.2, -0.15) is 0 Å². The molecule has 0 saturated heterocycles. The van der Waals surface area contributed by atoms with Gasteiger partial charge in [0.05, 0.1) is 16.6 Å². The van der Waals surface area contributed by atoms with E-state index in [1.165, 1.54) is 10.9 Å². The topological polar surface area (TPSA) is 93.1 Å². The second-order valence-electron chi connectivity index (χ2n) is 6.33. The van der Waals surface area contributed by atoms with Gasteiger partial charge in [0.15, 0.2) is 0 Å². The zero-order valence-electron chi connectivity index (χ0n) is 14.4. The number of anilines is 1. The Morgan fingerprint density at radius 1 is 1.31 bits per heavy atom. The molecule has 1 unspecified atom stereocenters. The Bertz CT molecular complexity index is 1150. The minimum atomic E-state index is -0.751. The first-order valence-electron chi connectivity index (χ1n) is 8.04. The van der Waals surface area contributed by atoms with Crippen LogP contribution in [0.5, 0.6) is 0 Å². The van der Waals surface area contributed by atoms with E-state index in [4.69, 9.17) is 0 Å². The molecule has 2 N–H and O–H groups in total. The molecular weight excluding hydrogens is 352 g/mol. The van der Waals surface area contributed by atoms with Crippen LogP contribution in [-0.2, 0) is 11.8 Å². The number of aryl methyl sites for hydroxylation is 3. The van der Waals surface area contributed by atoms with Crippen LogP contribution in [0.25, 0.3) is 10.2 Å². The highest BCUT2D eigenvalue weighted by atomic mass is 32.1. The number of carbonyl (C=O) groups is 2. The number of carbonyl (C=O) groups excluding carboxylic acids is 2. The highest BCUT2D eigenvalue weighted by molar-refractivity contribution is 7.20. The minimum Gasteiger partial charge on any atom is -0.336 e. The molecule has 0 bridgehead atoms. The van der Waals surface area contributed by atoms with Crippen molar-refractivity contribution >= 4 is 39.1 Å². The first kappa shape index (κ1) is 16.5. The molecule has 3 heterocycles. The van der Waals surface area contributed by atoms with E-state index in [1.54, 1.807) is 14.0 Å². The molecule has 8 heteroatoms. The standard InChI is InChI=1S/C18H16N4O3S/c1-8-5-4-6-10-11(8)13(15(23)20-10)21-16(24)14-9(2)12-17(26-14)19-7-22(3)18(12)25/h4-7,13H,1-3H3,(H,20,23)(H,21,24). The van der Waals surface area contributed by atoms with Crippen molar-refractivity contribution in [2.24, 2.45) is 7.05 Å². The molecule has 2 amide bonds. The first-order valence-corrected chi connectivity index (χ1v) is 8.86. The smallest absolute Gasteiger partial charge is 0.262 e. The van der Waals surface area contributed by atoms with Crippen LogP contribution in [0, 0.1) is 13.8 Å². The largest absolute Gasteiger partial charge is 0.336 e. The van der Waals surface area contributed by atoms with E-state index in [0.29, 0.717) is 26.3 Å². The number of benzene rings is 1. The van der Waals surface area contributed by atoms with Crippen molar-refractivity contribution in [3.05, 3.63) is 56.4 Å². The first-order chi connectivity index (χ1) is 12.4. The minimum absolute atomic E-state index is 0.192. The van der Waals surface area contributed by atoms with Crippen LogP contribution in [-0.4, -0.2) is 21.4 Å². The summed E-state index contributed by atoms with van der Waals surface area (Å²) in [4.78, 5) is 42.6. The Labute approximate surface area is 152 Å². The van der Waals surface area contributed by atoms with Gasteiger partial charge >= 0.3 is 0 Å². The normalized spacial score (nSPS) is 15.8. The van der Waals surface area contributed by atoms with Gasteiger partial charge in [0.2, 0.25) is 0 Å². The lowest BCUT2D eigenvalue weighted by Crippen LogP contribution is -2.33. The Balaban J connectivity index is 1.74. The van der Waals surface area contributed by atoms with Crippen molar-refractivity contribution in [3.63, 3.8) is 0 Å². The quantitative estimate of drug-likeness (QED) is 0.724. The van der Waals surface area contributed by atoms with Crippen LogP contribution in [0.1, 0.15) is 32.4 Å². The van der Waals surface area contributed by atoms with Crippen LogP contribution in [0.15, 0.2) is 29.3 Å². The number of nitrogens with zero attached hydrogens (tertiary/aromatic N) is 2. The average Bonchev–Trinajstić information content (AvgIpc) is 3.10. The third-order valence-electron chi connectivity index (χ3n) is 4.63. The van der Waals surface area contributed by atoms with Gasteiger partial charge < -0.3 is 15.2 Å². The maximum atomic E-state index is 12.8. The van der Waals surface area contributed by atoms with Gasteiger partial charge in [-0.1, -0.05) is 12.1 Å². The van der Waals surface area contributed by atoms with E-state index in [0.717, 1.165) is 22.5 Å². The van der Waals surface area contributed by atoms with Gasteiger partial charge in [-0.05, 0) is 31.0 Å². The Kier molecular flexibility index (Phi) is 3.66. The van der Waals surface area contributed by atoms with Crippen molar-refractivity contribution < 1.29 is 9.59 Å². The van der Waals surface area contributed by atoms with Crippen molar-refractivity contribution in [3.8, 4) is 0 Å². The maximum Gasteiger partial charge on any atom is 0.262 e. The van der Waals surface area contributed by atoms with Crippen LogP contribution < -0.4 is 16.2 Å². The molecule has 0 aliphatic carbocycles. The van der Waals surface area contributed by atoms with E-state index < -0.39 is 6.04 Å². The summed E-state index contributed by atoms with van der Waals surface area (Å²) in [5.74, 6) is -0.653. The summed E-state index contributed by atoms with van der Waals surface area (Å²) in [6, 6.07) is 4.82. The molecule has 1 aliphatic rings. The molecule has 1 atom stereocenters. The van der Waals surface area contributed by atoms with Crippen LogP contribution in [0.4, 0.5) is 5.69 Å². The fourth-order valence-electron chi connectivity index (χ4n) is 3.27.